The van der Waals surface area contributed by atoms with Gasteiger partial charge in [-0.1, -0.05) is 0 Å². The SMILES string of the molecule is Cc1nn(C)cc1C(=O)N(CCN(C)C)C1CCS(=O)(=O)C1. The van der Waals surface area contributed by atoms with E-state index < -0.39 is 9.84 Å². The number of hydrogen-bond donors (Lipinski definition) is 0. The zero-order valence-electron chi connectivity index (χ0n) is 13.6. The van der Waals surface area contributed by atoms with E-state index in [0.717, 1.165) is 0 Å². The second-order valence-electron chi connectivity index (χ2n) is 6.16. The quantitative estimate of drug-likeness (QED) is 0.756. The Morgan fingerprint density at radius 1 is 1.41 bits per heavy atom. The molecule has 1 fully saturated rings. The van der Waals surface area contributed by atoms with Crippen LogP contribution in [0.2, 0.25) is 0 Å². The molecule has 0 bridgehead atoms. The Morgan fingerprint density at radius 2 is 2.09 bits per heavy atom. The number of likely N-dealkylation sites (N-methyl/N-ethyl adjacent to an activating group) is 1. The van der Waals surface area contributed by atoms with Crippen molar-refractivity contribution in [3.63, 3.8) is 0 Å². The molecule has 1 atom stereocenters. The first-order valence-corrected chi connectivity index (χ1v) is 9.18. The van der Waals surface area contributed by atoms with Gasteiger partial charge < -0.3 is 9.80 Å². The van der Waals surface area contributed by atoms with Gasteiger partial charge in [-0.05, 0) is 27.4 Å². The molecule has 1 aromatic heterocycles. The van der Waals surface area contributed by atoms with Gasteiger partial charge in [-0.15, -0.1) is 0 Å². The first-order chi connectivity index (χ1) is 10.2. The van der Waals surface area contributed by atoms with Gasteiger partial charge in [0.05, 0.1) is 22.8 Å². The number of aryl methyl sites for hydroxylation is 2. The fourth-order valence-electron chi connectivity index (χ4n) is 2.74. The van der Waals surface area contributed by atoms with Crippen LogP contribution in [0.25, 0.3) is 0 Å². The highest BCUT2D eigenvalue weighted by atomic mass is 32.2. The highest BCUT2D eigenvalue weighted by molar-refractivity contribution is 7.91. The first-order valence-electron chi connectivity index (χ1n) is 7.36. The van der Waals surface area contributed by atoms with E-state index in [9.17, 15) is 13.2 Å². The fraction of sp³-hybridized carbons (Fsp3) is 0.714. The maximum Gasteiger partial charge on any atom is 0.257 e. The van der Waals surface area contributed by atoms with Crippen LogP contribution in [-0.2, 0) is 16.9 Å². The summed E-state index contributed by atoms with van der Waals surface area (Å²) in [5.74, 6) is 0.0931. The van der Waals surface area contributed by atoms with Gasteiger partial charge in [0.25, 0.3) is 5.91 Å². The van der Waals surface area contributed by atoms with Crippen LogP contribution in [0.15, 0.2) is 6.20 Å². The predicted molar refractivity (Wildman–Crippen MR) is 84.6 cm³/mol. The van der Waals surface area contributed by atoms with Gasteiger partial charge in [0.1, 0.15) is 0 Å². The van der Waals surface area contributed by atoms with Crippen molar-refractivity contribution in [2.24, 2.45) is 7.05 Å². The van der Waals surface area contributed by atoms with Crippen LogP contribution >= 0.6 is 0 Å². The van der Waals surface area contributed by atoms with Gasteiger partial charge in [0.2, 0.25) is 0 Å². The Kier molecular flexibility index (Phi) is 4.91. The molecule has 7 nitrogen and oxygen atoms in total. The third kappa shape index (κ3) is 3.86. The van der Waals surface area contributed by atoms with Crippen molar-refractivity contribution in [3.8, 4) is 0 Å². The van der Waals surface area contributed by atoms with Crippen molar-refractivity contribution in [1.82, 2.24) is 19.6 Å². The summed E-state index contributed by atoms with van der Waals surface area (Å²) < 4.78 is 25.1. The molecule has 0 N–H and O–H groups in total. The van der Waals surface area contributed by atoms with E-state index in [-0.39, 0.29) is 23.5 Å². The summed E-state index contributed by atoms with van der Waals surface area (Å²) in [5.41, 5.74) is 1.22. The summed E-state index contributed by atoms with van der Waals surface area (Å²) in [6, 6.07) is -0.239. The van der Waals surface area contributed by atoms with E-state index in [1.165, 1.54) is 0 Å². The Bertz CT molecular complexity index is 651. The average Bonchev–Trinajstić information content (AvgIpc) is 2.91. The van der Waals surface area contributed by atoms with Gasteiger partial charge in [-0.25, -0.2) is 8.42 Å². The Hall–Kier alpha value is -1.41. The summed E-state index contributed by atoms with van der Waals surface area (Å²) in [6.07, 6.45) is 2.21. The van der Waals surface area contributed by atoms with Gasteiger partial charge in [-0.3, -0.25) is 9.48 Å². The van der Waals surface area contributed by atoms with Crippen molar-refractivity contribution in [2.75, 3.05) is 38.7 Å². The minimum atomic E-state index is -3.03. The molecule has 1 unspecified atom stereocenters. The van der Waals surface area contributed by atoms with Crippen LogP contribution in [0.3, 0.4) is 0 Å². The number of aromatic nitrogens is 2. The Morgan fingerprint density at radius 3 is 2.55 bits per heavy atom. The lowest BCUT2D eigenvalue weighted by Gasteiger charge is -2.29. The molecule has 2 rings (SSSR count). The molecule has 124 valence electrons. The van der Waals surface area contributed by atoms with E-state index in [1.54, 1.807) is 29.7 Å². The maximum atomic E-state index is 12.8. The molecule has 0 saturated carbocycles. The first kappa shape index (κ1) is 17.0. The molecule has 8 heteroatoms. The molecular weight excluding hydrogens is 304 g/mol. The number of sulfone groups is 1. The Balaban J connectivity index is 2.24. The summed E-state index contributed by atoms with van der Waals surface area (Å²) in [5, 5.41) is 4.21. The number of amides is 1. The highest BCUT2D eigenvalue weighted by Crippen LogP contribution is 2.20. The molecule has 1 aromatic rings. The third-order valence-corrected chi connectivity index (χ3v) is 5.69. The second kappa shape index (κ2) is 6.37. The van der Waals surface area contributed by atoms with Crippen LogP contribution in [0, 0.1) is 6.92 Å². The van der Waals surface area contributed by atoms with Crippen molar-refractivity contribution in [3.05, 3.63) is 17.5 Å². The predicted octanol–water partition coefficient (Wildman–Crippen LogP) is -0.0806. The van der Waals surface area contributed by atoms with Gasteiger partial charge in [-0.2, -0.15) is 5.10 Å². The van der Waals surface area contributed by atoms with Crippen LogP contribution in [0.4, 0.5) is 0 Å². The van der Waals surface area contributed by atoms with Crippen molar-refractivity contribution >= 4 is 15.7 Å². The zero-order chi connectivity index (χ0) is 16.5. The van der Waals surface area contributed by atoms with E-state index in [2.05, 4.69) is 5.10 Å². The van der Waals surface area contributed by atoms with Crippen molar-refractivity contribution in [1.29, 1.82) is 0 Å². The number of carbonyl (C=O) groups is 1. The Labute approximate surface area is 131 Å². The van der Waals surface area contributed by atoms with Crippen molar-refractivity contribution < 1.29 is 13.2 Å². The van der Waals surface area contributed by atoms with Crippen LogP contribution in [0.1, 0.15) is 22.5 Å². The van der Waals surface area contributed by atoms with Crippen LogP contribution < -0.4 is 0 Å². The lowest BCUT2D eigenvalue weighted by Crippen LogP contribution is -2.44. The van der Waals surface area contributed by atoms with E-state index in [0.29, 0.717) is 30.8 Å². The number of nitrogens with zero attached hydrogens (tertiary/aromatic N) is 4. The summed E-state index contributed by atoms with van der Waals surface area (Å²) in [6.45, 7) is 3.00. The zero-order valence-corrected chi connectivity index (χ0v) is 14.4. The minimum Gasteiger partial charge on any atom is -0.333 e. The average molecular weight is 328 g/mol. The molecule has 2 heterocycles. The van der Waals surface area contributed by atoms with Gasteiger partial charge in [0.15, 0.2) is 9.84 Å². The summed E-state index contributed by atoms with van der Waals surface area (Å²) in [7, 11) is 2.61. The molecule has 0 aliphatic carbocycles. The number of carbonyl (C=O) groups excluding carboxylic acids is 1. The minimum absolute atomic E-state index is 0.0610. The summed E-state index contributed by atoms with van der Waals surface area (Å²) in [4.78, 5) is 16.5. The van der Waals surface area contributed by atoms with Gasteiger partial charge >= 0.3 is 0 Å². The maximum absolute atomic E-state index is 12.8. The third-order valence-electron chi connectivity index (χ3n) is 3.94. The van der Waals surface area contributed by atoms with Crippen LogP contribution in [0.5, 0.6) is 0 Å². The molecule has 1 saturated heterocycles. The monoisotopic (exact) mass is 328 g/mol. The summed E-state index contributed by atoms with van der Waals surface area (Å²) >= 11 is 0. The number of hydrogen-bond acceptors (Lipinski definition) is 5. The molecule has 1 aliphatic rings. The second-order valence-corrected chi connectivity index (χ2v) is 8.39. The molecule has 0 radical (unpaired) electrons. The molecule has 1 aliphatic heterocycles. The van der Waals surface area contributed by atoms with Crippen LogP contribution in [-0.4, -0.2) is 78.6 Å². The smallest absolute Gasteiger partial charge is 0.257 e. The van der Waals surface area contributed by atoms with E-state index in [1.807, 2.05) is 19.0 Å². The number of rotatable bonds is 5. The molecular formula is C14H24N4O3S. The molecule has 0 spiro atoms. The fourth-order valence-corrected chi connectivity index (χ4v) is 4.47. The lowest BCUT2D eigenvalue weighted by atomic mass is 10.1. The molecule has 0 aromatic carbocycles. The topological polar surface area (TPSA) is 75.5 Å². The normalized spacial score (nSPS) is 20.5. The van der Waals surface area contributed by atoms with E-state index in [4.69, 9.17) is 0 Å². The molecule has 1 amide bonds. The lowest BCUT2D eigenvalue weighted by molar-refractivity contribution is 0.0683. The standard InChI is InChI=1S/C14H24N4O3S/c1-11-13(9-17(4)15-11)14(19)18(7-6-16(2)3)12-5-8-22(20,21)10-12/h9,12H,5-8,10H2,1-4H3. The van der Waals surface area contributed by atoms with Crippen molar-refractivity contribution in [2.45, 2.75) is 19.4 Å². The van der Waals surface area contributed by atoms with E-state index >= 15 is 0 Å². The highest BCUT2D eigenvalue weighted by Gasteiger charge is 2.35. The largest absolute Gasteiger partial charge is 0.333 e. The molecule has 22 heavy (non-hydrogen) atoms. The van der Waals surface area contributed by atoms with Gasteiger partial charge in [0, 0.05) is 32.4 Å².